The van der Waals surface area contributed by atoms with Crippen molar-refractivity contribution in [2.75, 3.05) is 13.1 Å². The number of likely N-dealkylation sites (tertiary alicyclic amines) is 1. The van der Waals surface area contributed by atoms with Gasteiger partial charge in [-0.05, 0) is 62.4 Å². The van der Waals surface area contributed by atoms with Crippen LogP contribution < -0.4 is 5.73 Å². The van der Waals surface area contributed by atoms with E-state index >= 15 is 0 Å². The van der Waals surface area contributed by atoms with Gasteiger partial charge in [0.2, 0.25) is 0 Å². The molecular weight excluding hydrogens is 336 g/mol. The van der Waals surface area contributed by atoms with E-state index in [0.29, 0.717) is 12.0 Å². The number of benzene rings is 1. The zero-order valence-corrected chi connectivity index (χ0v) is 14.0. The molecule has 1 saturated carbocycles. The molecule has 0 aromatic heterocycles. The van der Waals surface area contributed by atoms with Gasteiger partial charge in [0.25, 0.3) is 0 Å². The smallest absolute Gasteiger partial charge is 0.0465 e. The maximum atomic E-state index is 6.53. The van der Waals surface area contributed by atoms with Crippen molar-refractivity contribution >= 4 is 27.5 Å². The predicted octanol–water partition coefficient (Wildman–Crippen LogP) is 4.37. The molecule has 2 fully saturated rings. The summed E-state index contributed by atoms with van der Waals surface area (Å²) in [6, 6.07) is 7.45. The Bertz CT molecular complexity index is 476. The highest BCUT2D eigenvalue weighted by molar-refractivity contribution is 9.10. The molecule has 2 atom stereocenters. The van der Waals surface area contributed by atoms with Crippen molar-refractivity contribution in [3.05, 3.63) is 33.3 Å². The first-order valence-electron chi connectivity index (χ1n) is 7.61. The lowest BCUT2D eigenvalue weighted by Gasteiger charge is -2.35. The first-order valence-corrected chi connectivity index (χ1v) is 8.78. The Morgan fingerprint density at radius 3 is 2.70 bits per heavy atom. The molecule has 2 N–H and O–H groups in total. The van der Waals surface area contributed by atoms with Crippen molar-refractivity contribution < 1.29 is 0 Å². The van der Waals surface area contributed by atoms with E-state index in [9.17, 15) is 0 Å². The SMILES string of the molecule is NCC1CCCCN(C2CC2)C1c1ccc(Br)cc1Cl. The molecular formula is C16H22BrClN2. The van der Waals surface area contributed by atoms with Gasteiger partial charge in [0.15, 0.2) is 0 Å². The van der Waals surface area contributed by atoms with E-state index < -0.39 is 0 Å². The number of hydrogen-bond acceptors (Lipinski definition) is 2. The maximum Gasteiger partial charge on any atom is 0.0465 e. The molecule has 2 aliphatic rings. The van der Waals surface area contributed by atoms with Crippen LogP contribution in [0.25, 0.3) is 0 Å². The lowest BCUT2D eigenvalue weighted by Crippen LogP contribution is -2.37. The highest BCUT2D eigenvalue weighted by atomic mass is 79.9. The van der Waals surface area contributed by atoms with Crippen LogP contribution in [0.2, 0.25) is 5.02 Å². The summed E-state index contributed by atoms with van der Waals surface area (Å²) in [7, 11) is 0. The van der Waals surface area contributed by atoms with Gasteiger partial charge in [0.05, 0.1) is 0 Å². The normalized spacial score (nSPS) is 28.4. The number of halogens is 2. The predicted molar refractivity (Wildman–Crippen MR) is 88.0 cm³/mol. The molecule has 2 unspecified atom stereocenters. The molecule has 2 nitrogen and oxygen atoms in total. The highest BCUT2D eigenvalue weighted by Gasteiger charge is 2.39. The van der Waals surface area contributed by atoms with Crippen molar-refractivity contribution in [2.24, 2.45) is 11.7 Å². The van der Waals surface area contributed by atoms with E-state index in [0.717, 1.165) is 22.1 Å². The molecule has 1 aromatic rings. The minimum absolute atomic E-state index is 0.399. The van der Waals surface area contributed by atoms with Crippen molar-refractivity contribution in [2.45, 2.75) is 44.2 Å². The van der Waals surface area contributed by atoms with Crippen LogP contribution in [-0.2, 0) is 0 Å². The van der Waals surface area contributed by atoms with Gasteiger partial charge in [-0.25, -0.2) is 0 Å². The van der Waals surface area contributed by atoms with Crippen molar-refractivity contribution in [1.82, 2.24) is 4.90 Å². The number of hydrogen-bond donors (Lipinski definition) is 1. The third-order valence-electron chi connectivity index (χ3n) is 4.64. The molecule has 0 spiro atoms. The summed E-state index contributed by atoms with van der Waals surface area (Å²) < 4.78 is 1.04. The molecule has 1 saturated heterocycles. The quantitative estimate of drug-likeness (QED) is 0.870. The van der Waals surface area contributed by atoms with E-state index in [-0.39, 0.29) is 0 Å². The second-order valence-electron chi connectivity index (χ2n) is 6.07. The standard InChI is InChI=1S/C16H22BrClN2/c17-12-4-7-14(15(18)9-12)16-11(10-19)3-1-2-8-20(16)13-5-6-13/h4,7,9,11,13,16H,1-3,5-6,8,10,19H2. The first kappa shape index (κ1) is 14.8. The van der Waals surface area contributed by atoms with Crippen LogP contribution in [-0.4, -0.2) is 24.0 Å². The summed E-state index contributed by atoms with van der Waals surface area (Å²) >= 11 is 10.0. The molecule has 3 rings (SSSR count). The monoisotopic (exact) mass is 356 g/mol. The summed E-state index contributed by atoms with van der Waals surface area (Å²) in [6.07, 6.45) is 6.47. The van der Waals surface area contributed by atoms with Gasteiger partial charge in [0.1, 0.15) is 0 Å². The third kappa shape index (κ3) is 3.06. The summed E-state index contributed by atoms with van der Waals surface area (Å²) in [5.41, 5.74) is 7.35. The van der Waals surface area contributed by atoms with Crippen LogP contribution in [0.1, 0.15) is 43.7 Å². The Morgan fingerprint density at radius 2 is 2.05 bits per heavy atom. The fourth-order valence-electron chi connectivity index (χ4n) is 3.51. The summed E-state index contributed by atoms with van der Waals surface area (Å²) in [5.74, 6) is 0.525. The van der Waals surface area contributed by atoms with Crippen LogP contribution >= 0.6 is 27.5 Å². The maximum absolute atomic E-state index is 6.53. The van der Waals surface area contributed by atoms with Crippen molar-refractivity contribution in [1.29, 1.82) is 0 Å². The molecule has 20 heavy (non-hydrogen) atoms. The third-order valence-corrected chi connectivity index (χ3v) is 5.47. The summed E-state index contributed by atoms with van der Waals surface area (Å²) in [5, 5.41) is 0.871. The average molecular weight is 358 g/mol. The molecule has 110 valence electrons. The van der Waals surface area contributed by atoms with Crippen LogP contribution in [0.4, 0.5) is 0 Å². The lowest BCUT2D eigenvalue weighted by molar-refractivity contribution is 0.149. The first-order chi connectivity index (χ1) is 9.70. The van der Waals surface area contributed by atoms with Gasteiger partial charge >= 0.3 is 0 Å². The van der Waals surface area contributed by atoms with Crippen LogP contribution in [0.5, 0.6) is 0 Å². The fourth-order valence-corrected chi connectivity index (χ4v) is 4.29. The Labute approximate surface area is 134 Å². The molecule has 4 heteroatoms. The molecule has 1 aliphatic carbocycles. The van der Waals surface area contributed by atoms with E-state index in [2.05, 4.69) is 33.0 Å². The lowest BCUT2D eigenvalue weighted by atomic mass is 9.89. The minimum atomic E-state index is 0.399. The molecule has 0 bridgehead atoms. The van der Waals surface area contributed by atoms with Crippen molar-refractivity contribution in [3.63, 3.8) is 0 Å². The van der Waals surface area contributed by atoms with Gasteiger partial charge in [0, 0.05) is 21.6 Å². The van der Waals surface area contributed by atoms with Crippen LogP contribution in [0.15, 0.2) is 22.7 Å². The van der Waals surface area contributed by atoms with Gasteiger partial charge in [-0.2, -0.15) is 0 Å². The van der Waals surface area contributed by atoms with Gasteiger partial charge in [-0.15, -0.1) is 0 Å². The molecule has 0 amide bonds. The minimum Gasteiger partial charge on any atom is -0.330 e. The zero-order chi connectivity index (χ0) is 14.1. The van der Waals surface area contributed by atoms with Crippen LogP contribution in [0, 0.1) is 5.92 Å². The topological polar surface area (TPSA) is 29.3 Å². The Hall–Kier alpha value is -0.0900. The van der Waals surface area contributed by atoms with Gasteiger partial charge < -0.3 is 5.73 Å². The second-order valence-corrected chi connectivity index (χ2v) is 7.39. The fraction of sp³-hybridized carbons (Fsp3) is 0.625. The van der Waals surface area contributed by atoms with Gasteiger partial charge in [-0.3, -0.25) is 4.90 Å². The molecule has 1 aliphatic heterocycles. The summed E-state index contributed by atoms with van der Waals surface area (Å²) in [4.78, 5) is 2.68. The van der Waals surface area contributed by atoms with E-state index in [1.807, 2.05) is 6.07 Å². The molecule has 0 radical (unpaired) electrons. The van der Waals surface area contributed by atoms with Crippen LogP contribution in [0.3, 0.4) is 0 Å². The highest BCUT2D eigenvalue weighted by Crippen LogP contribution is 2.43. The van der Waals surface area contributed by atoms with E-state index in [1.165, 1.54) is 44.2 Å². The second kappa shape index (κ2) is 6.35. The average Bonchev–Trinajstić information content (AvgIpc) is 3.24. The van der Waals surface area contributed by atoms with E-state index in [1.54, 1.807) is 0 Å². The van der Waals surface area contributed by atoms with Gasteiger partial charge in [-0.1, -0.05) is 40.0 Å². The molecule has 1 heterocycles. The summed E-state index contributed by atoms with van der Waals surface area (Å²) in [6.45, 7) is 1.94. The largest absolute Gasteiger partial charge is 0.330 e. The zero-order valence-electron chi connectivity index (χ0n) is 11.7. The molecule has 1 aromatic carbocycles. The number of nitrogens with two attached hydrogens (primary N) is 1. The Morgan fingerprint density at radius 1 is 1.25 bits per heavy atom. The van der Waals surface area contributed by atoms with E-state index in [4.69, 9.17) is 17.3 Å². The number of rotatable bonds is 3. The Balaban J connectivity index is 1.98. The number of nitrogens with zero attached hydrogens (tertiary/aromatic N) is 1. The van der Waals surface area contributed by atoms with Crippen molar-refractivity contribution in [3.8, 4) is 0 Å². The Kier molecular flexibility index (Phi) is 4.71.